The van der Waals surface area contributed by atoms with Gasteiger partial charge in [0.15, 0.2) is 0 Å². The van der Waals surface area contributed by atoms with E-state index in [1.54, 1.807) is 12.3 Å². The molecule has 1 aliphatic carbocycles. The van der Waals surface area contributed by atoms with Crippen LogP contribution in [0.5, 0.6) is 0 Å². The lowest BCUT2D eigenvalue weighted by molar-refractivity contribution is -0.132. The fourth-order valence-corrected chi connectivity index (χ4v) is 3.18. The van der Waals surface area contributed by atoms with Crippen LogP contribution in [0.15, 0.2) is 18.3 Å². The van der Waals surface area contributed by atoms with E-state index in [1.807, 2.05) is 19.9 Å². The number of nitrogens with one attached hydrogen (secondary N) is 3. The Morgan fingerprint density at radius 2 is 2.04 bits per heavy atom. The predicted octanol–water partition coefficient (Wildman–Crippen LogP) is 1.43. The van der Waals surface area contributed by atoms with Crippen LogP contribution >= 0.6 is 0 Å². The normalized spacial score (nSPS) is 20.2. The molecule has 1 aromatic rings. The zero-order valence-electron chi connectivity index (χ0n) is 14.0. The molecular weight excluding hydrogens is 294 g/mol. The Labute approximate surface area is 137 Å². The van der Waals surface area contributed by atoms with Crippen LogP contribution in [0.25, 0.3) is 0 Å². The summed E-state index contributed by atoms with van der Waals surface area (Å²) in [4.78, 5) is 15.9. The third-order valence-corrected chi connectivity index (χ3v) is 4.79. The van der Waals surface area contributed by atoms with Gasteiger partial charge in [-0.05, 0) is 30.9 Å². The Bertz CT molecular complexity index is 481. The number of aromatic amines is 1. The number of aliphatic hydroxyl groups excluding tert-OH is 2. The lowest BCUT2D eigenvalue weighted by atomic mass is 9.80. The molecule has 23 heavy (non-hydrogen) atoms. The number of aromatic nitrogens is 1. The third-order valence-electron chi connectivity index (χ3n) is 4.79. The fraction of sp³-hybridized carbons (Fsp3) is 0.706. The van der Waals surface area contributed by atoms with E-state index < -0.39 is 11.8 Å². The molecule has 6 heteroatoms. The molecule has 0 saturated heterocycles. The molecule has 1 unspecified atom stereocenters. The topological polar surface area (TPSA) is 97.4 Å². The highest BCUT2D eigenvalue weighted by Crippen LogP contribution is 2.31. The molecule has 1 fully saturated rings. The van der Waals surface area contributed by atoms with Crippen molar-refractivity contribution < 1.29 is 15.0 Å². The molecule has 2 rings (SSSR count). The summed E-state index contributed by atoms with van der Waals surface area (Å²) in [6.07, 6.45) is 5.20. The highest BCUT2D eigenvalue weighted by atomic mass is 16.3. The zero-order chi connectivity index (χ0) is 16.9. The minimum Gasteiger partial charge on any atom is -0.394 e. The van der Waals surface area contributed by atoms with E-state index >= 15 is 0 Å². The molecular formula is C17H29N3O3. The van der Waals surface area contributed by atoms with Gasteiger partial charge in [-0.25, -0.2) is 0 Å². The van der Waals surface area contributed by atoms with Gasteiger partial charge in [-0.15, -0.1) is 0 Å². The summed E-state index contributed by atoms with van der Waals surface area (Å²) in [5, 5.41) is 26.0. The number of H-pyrrole nitrogens is 1. The maximum absolute atomic E-state index is 12.9. The molecule has 130 valence electrons. The number of rotatable bonds is 7. The highest BCUT2D eigenvalue weighted by Gasteiger charge is 2.41. The van der Waals surface area contributed by atoms with Crippen LogP contribution in [0.2, 0.25) is 0 Å². The predicted molar refractivity (Wildman–Crippen MR) is 88.6 cm³/mol. The van der Waals surface area contributed by atoms with Crippen LogP contribution in [0.3, 0.4) is 0 Å². The van der Waals surface area contributed by atoms with Gasteiger partial charge in [-0.3, -0.25) is 10.1 Å². The summed E-state index contributed by atoms with van der Waals surface area (Å²) in [6, 6.07) is 3.33. The molecule has 1 amide bonds. The molecule has 0 aromatic carbocycles. The number of aliphatic hydroxyl groups is 2. The number of carbonyl (C=O) groups excluding carboxylic acids is 1. The number of hydrogen-bond acceptors (Lipinski definition) is 4. The van der Waals surface area contributed by atoms with Crippen LogP contribution in [0, 0.1) is 5.92 Å². The van der Waals surface area contributed by atoms with Crippen LogP contribution in [-0.4, -0.2) is 39.3 Å². The summed E-state index contributed by atoms with van der Waals surface area (Å²) < 4.78 is 0. The maximum Gasteiger partial charge on any atom is 0.240 e. The summed E-state index contributed by atoms with van der Waals surface area (Å²) in [6.45, 7) is 3.85. The van der Waals surface area contributed by atoms with Gasteiger partial charge in [0.05, 0.1) is 18.3 Å². The van der Waals surface area contributed by atoms with Crippen molar-refractivity contribution >= 4 is 5.91 Å². The van der Waals surface area contributed by atoms with Gasteiger partial charge < -0.3 is 20.5 Å². The number of hydrogen-bond donors (Lipinski definition) is 5. The van der Waals surface area contributed by atoms with Gasteiger partial charge >= 0.3 is 0 Å². The van der Waals surface area contributed by atoms with E-state index in [0.717, 1.165) is 19.3 Å². The van der Waals surface area contributed by atoms with Gasteiger partial charge in [0.25, 0.3) is 0 Å². The molecule has 1 aliphatic rings. The van der Waals surface area contributed by atoms with E-state index in [-0.39, 0.29) is 24.5 Å². The first kappa shape index (κ1) is 18.0. The van der Waals surface area contributed by atoms with Crippen molar-refractivity contribution in [3.05, 3.63) is 24.0 Å². The number of carbonyl (C=O) groups is 1. The smallest absolute Gasteiger partial charge is 0.240 e. The molecule has 1 saturated carbocycles. The summed E-state index contributed by atoms with van der Waals surface area (Å²) in [5.74, 6) is 0.0217. The van der Waals surface area contributed by atoms with Gasteiger partial charge in [0.1, 0.15) is 11.8 Å². The van der Waals surface area contributed by atoms with Gasteiger partial charge in [0, 0.05) is 6.20 Å². The molecule has 0 spiro atoms. The average molecular weight is 323 g/mol. The van der Waals surface area contributed by atoms with Crippen molar-refractivity contribution in [3.63, 3.8) is 0 Å². The maximum atomic E-state index is 12.9. The van der Waals surface area contributed by atoms with Gasteiger partial charge in [-0.2, -0.15) is 0 Å². The van der Waals surface area contributed by atoms with Crippen LogP contribution in [-0.2, 0) is 4.79 Å². The van der Waals surface area contributed by atoms with E-state index in [9.17, 15) is 15.0 Å². The third kappa shape index (κ3) is 4.34. The summed E-state index contributed by atoms with van der Waals surface area (Å²) >= 11 is 0. The molecule has 2 atom stereocenters. The second-order valence-electron chi connectivity index (χ2n) is 6.82. The van der Waals surface area contributed by atoms with Crippen molar-refractivity contribution in [1.29, 1.82) is 0 Å². The van der Waals surface area contributed by atoms with Crippen molar-refractivity contribution in [2.45, 2.75) is 63.8 Å². The van der Waals surface area contributed by atoms with Crippen molar-refractivity contribution in [3.8, 4) is 0 Å². The van der Waals surface area contributed by atoms with Gasteiger partial charge in [0.2, 0.25) is 5.91 Å². The van der Waals surface area contributed by atoms with E-state index in [0.29, 0.717) is 18.5 Å². The molecule has 5 N–H and O–H groups in total. The Morgan fingerprint density at radius 1 is 1.35 bits per heavy atom. The second-order valence-corrected chi connectivity index (χ2v) is 6.82. The monoisotopic (exact) mass is 323 g/mol. The molecule has 1 aromatic heterocycles. The van der Waals surface area contributed by atoms with E-state index in [2.05, 4.69) is 15.6 Å². The minimum absolute atomic E-state index is 0.0847. The molecule has 0 aliphatic heterocycles. The lowest BCUT2D eigenvalue weighted by Gasteiger charge is -2.39. The molecule has 0 radical (unpaired) electrons. The van der Waals surface area contributed by atoms with Crippen molar-refractivity contribution in [1.82, 2.24) is 15.6 Å². The van der Waals surface area contributed by atoms with E-state index in [4.69, 9.17) is 0 Å². The number of amides is 1. The quantitative estimate of drug-likeness (QED) is 0.490. The minimum atomic E-state index is -0.916. The first-order chi connectivity index (χ1) is 11.0. The van der Waals surface area contributed by atoms with Crippen LogP contribution in [0.1, 0.15) is 57.9 Å². The second kappa shape index (κ2) is 7.95. The zero-order valence-corrected chi connectivity index (χ0v) is 14.0. The Kier molecular flexibility index (Phi) is 6.21. The molecule has 6 nitrogen and oxygen atoms in total. The molecule has 1 heterocycles. The highest BCUT2D eigenvalue weighted by molar-refractivity contribution is 5.86. The van der Waals surface area contributed by atoms with Gasteiger partial charge in [-0.1, -0.05) is 33.1 Å². The first-order valence-electron chi connectivity index (χ1n) is 8.49. The van der Waals surface area contributed by atoms with Crippen LogP contribution in [0.4, 0.5) is 0 Å². The average Bonchev–Trinajstić information content (AvgIpc) is 3.07. The SMILES string of the molecule is CC(C)[C@@H](CO)NC(=O)C1(NC(O)c2ccc[nH]2)CCCCC1. The fourth-order valence-electron chi connectivity index (χ4n) is 3.18. The van der Waals surface area contributed by atoms with Crippen molar-refractivity contribution in [2.75, 3.05) is 6.61 Å². The lowest BCUT2D eigenvalue weighted by Crippen LogP contribution is -2.61. The Hall–Kier alpha value is -1.37. The van der Waals surface area contributed by atoms with Crippen molar-refractivity contribution in [2.24, 2.45) is 5.92 Å². The summed E-state index contributed by atoms with van der Waals surface area (Å²) in [5.41, 5.74) is -0.143. The largest absolute Gasteiger partial charge is 0.394 e. The van der Waals surface area contributed by atoms with Crippen LogP contribution < -0.4 is 10.6 Å². The van der Waals surface area contributed by atoms with E-state index in [1.165, 1.54) is 0 Å². The standard InChI is InChI=1S/C17H29N3O3/c1-12(2)14(11-21)19-16(23)17(8-4-3-5-9-17)20-15(22)13-7-6-10-18-13/h6-7,10,12,14-15,18,20-22H,3-5,8-9,11H2,1-2H3,(H,19,23)/t14-,15?/m1/s1. The Morgan fingerprint density at radius 3 is 2.57 bits per heavy atom. The summed E-state index contributed by atoms with van der Waals surface area (Å²) in [7, 11) is 0. The Balaban J connectivity index is 2.12. The first-order valence-corrected chi connectivity index (χ1v) is 8.49. The molecule has 0 bridgehead atoms.